The zero-order valence-electron chi connectivity index (χ0n) is 7.75. The van der Waals surface area contributed by atoms with Crippen LogP contribution in [0.5, 0.6) is 0 Å². The summed E-state index contributed by atoms with van der Waals surface area (Å²) in [5, 5.41) is 0. The van der Waals surface area contributed by atoms with E-state index in [0.717, 1.165) is 4.31 Å². The van der Waals surface area contributed by atoms with Gasteiger partial charge in [-0.25, -0.2) is 12.7 Å². The highest BCUT2D eigenvalue weighted by atomic mass is 35.5. The summed E-state index contributed by atoms with van der Waals surface area (Å²) in [4.78, 5) is 3.95. The highest BCUT2D eigenvalue weighted by molar-refractivity contribution is 7.89. The Morgan fingerprint density at radius 3 is 2.21 bits per heavy atom. The Bertz CT molecular complexity index is 353. The molecule has 82 valence electrons. The summed E-state index contributed by atoms with van der Waals surface area (Å²) in [6.45, 7) is 0. The first-order chi connectivity index (χ1) is 5.55. The predicted molar refractivity (Wildman–Crippen MR) is 59.6 cm³/mol. The van der Waals surface area contributed by atoms with E-state index in [1.54, 1.807) is 6.07 Å². The molecule has 7 heteroatoms. The van der Waals surface area contributed by atoms with Crippen LogP contribution >= 0.6 is 24.8 Å². The Morgan fingerprint density at radius 2 is 1.86 bits per heavy atom. The van der Waals surface area contributed by atoms with Gasteiger partial charge in [0.2, 0.25) is 10.0 Å². The number of halogens is 2. The van der Waals surface area contributed by atoms with E-state index in [0.29, 0.717) is 0 Å². The minimum absolute atomic E-state index is 0. The number of aromatic nitrogens is 1. The molecule has 0 aliphatic heterocycles. The van der Waals surface area contributed by atoms with Crippen LogP contribution in [0.25, 0.3) is 0 Å². The van der Waals surface area contributed by atoms with E-state index in [-0.39, 0.29) is 29.7 Å². The Hall–Kier alpha value is -0.360. The van der Waals surface area contributed by atoms with E-state index in [1.165, 1.54) is 32.6 Å². The van der Waals surface area contributed by atoms with Crippen LogP contribution in [0.15, 0.2) is 29.4 Å². The minimum atomic E-state index is -3.31. The molecule has 0 atom stereocenters. The summed E-state index contributed by atoms with van der Waals surface area (Å²) in [6.07, 6.45) is 2.87. The van der Waals surface area contributed by atoms with Gasteiger partial charge in [-0.15, -0.1) is 24.8 Å². The topological polar surface area (TPSA) is 50.3 Å². The van der Waals surface area contributed by atoms with E-state index in [1.807, 2.05) is 0 Å². The first kappa shape index (κ1) is 16.1. The van der Waals surface area contributed by atoms with Crippen LogP contribution in [0, 0.1) is 0 Å². The highest BCUT2D eigenvalue weighted by Gasteiger charge is 2.15. The lowest BCUT2D eigenvalue weighted by Crippen LogP contribution is -2.22. The number of pyridine rings is 1. The van der Waals surface area contributed by atoms with E-state index in [2.05, 4.69) is 4.98 Å². The summed E-state index contributed by atoms with van der Waals surface area (Å²) in [6, 6.07) is 3.11. The molecule has 1 aromatic rings. The standard InChI is InChI=1S/C7H10N2O2S.2ClH/c1-9(2)12(10,11)7-4-3-5-8-6-7;;/h3-6H,1-2H3;2*1H. The van der Waals surface area contributed by atoms with E-state index in [4.69, 9.17) is 0 Å². The maximum absolute atomic E-state index is 11.4. The fourth-order valence-electron chi connectivity index (χ4n) is 0.710. The van der Waals surface area contributed by atoms with Crippen molar-refractivity contribution in [1.82, 2.24) is 9.29 Å². The highest BCUT2D eigenvalue weighted by Crippen LogP contribution is 2.09. The van der Waals surface area contributed by atoms with Crippen LogP contribution in [0.2, 0.25) is 0 Å². The Labute approximate surface area is 96.2 Å². The smallest absolute Gasteiger partial charge is 0.244 e. The van der Waals surface area contributed by atoms with Gasteiger partial charge in [0, 0.05) is 26.5 Å². The molecule has 0 unspecified atom stereocenters. The van der Waals surface area contributed by atoms with Crippen molar-refractivity contribution in [2.45, 2.75) is 4.90 Å². The molecule has 0 radical (unpaired) electrons. The molecule has 0 spiro atoms. The lowest BCUT2D eigenvalue weighted by Gasteiger charge is -2.09. The molecular formula is C7H12Cl2N2O2S. The average molecular weight is 259 g/mol. The zero-order valence-corrected chi connectivity index (χ0v) is 10.2. The van der Waals surface area contributed by atoms with Gasteiger partial charge in [-0.3, -0.25) is 4.98 Å². The van der Waals surface area contributed by atoms with Gasteiger partial charge < -0.3 is 0 Å². The van der Waals surface area contributed by atoms with Crippen LogP contribution < -0.4 is 0 Å². The van der Waals surface area contributed by atoms with Gasteiger partial charge in [-0.2, -0.15) is 0 Å². The van der Waals surface area contributed by atoms with Gasteiger partial charge in [0.1, 0.15) is 4.90 Å². The second-order valence-electron chi connectivity index (χ2n) is 2.48. The quantitative estimate of drug-likeness (QED) is 0.801. The second kappa shape index (κ2) is 6.19. The van der Waals surface area contributed by atoms with Crippen molar-refractivity contribution in [3.05, 3.63) is 24.5 Å². The number of hydrogen-bond donors (Lipinski definition) is 0. The van der Waals surface area contributed by atoms with Crippen LogP contribution in [0.4, 0.5) is 0 Å². The molecule has 0 aliphatic rings. The number of hydrogen-bond acceptors (Lipinski definition) is 3. The maximum Gasteiger partial charge on any atom is 0.244 e. The lowest BCUT2D eigenvalue weighted by molar-refractivity contribution is 0.520. The van der Waals surface area contributed by atoms with Crippen molar-refractivity contribution in [2.24, 2.45) is 0 Å². The molecule has 1 aromatic heterocycles. The Balaban J connectivity index is 0. The molecule has 0 fully saturated rings. The minimum Gasteiger partial charge on any atom is -0.263 e. The molecule has 1 heterocycles. The Kier molecular flexibility index (Phi) is 7.11. The molecule has 14 heavy (non-hydrogen) atoms. The lowest BCUT2D eigenvalue weighted by atomic mass is 10.5. The molecule has 1 rings (SSSR count). The molecular weight excluding hydrogens is 247 g/mol. The summed E-state index contributed by atoms with van der Waals surface area (Å²) < 4.78 is 24.0. The monoisotopic (exact) mass is 258 g/mol. The van der Waals surface area contributed by atoms with Crippen LogP contribution in [-0.4, -0.2) is 31.8 Å². The predicted octanol–water partition coefficient (Wildman–Crippen LogP) is 1.18. The summed E-state index contributed by atoms with van der Waals surface area (Å²) in [5.41, 5.74) is 0. The fraction of sp³-hybridized carbons (Fsp3) is 0.286. The van der Waals surface area contributed by atoms with Crippen molar-refractivity contribution in [3.63, 3.8) is 0 Å². The van der Waals surface area contributed by atoms with Gasteiger partial charge in [0.15, 0.2) is 0 Å². The van der Waals surface area contributed by atoms with Crippen molar-refractivity contribution in [2.75, 3.05) is 14.1 Å². The molecule has 0 aliphatic carbocycles. The van der Waals surface area contributed by atoms with Crippen LogP contribution in [-0.2, 0) is 10.0 Å². The van der Waals surface area contributed by atoms with Gasteiger partial charge in [0.05, 0.1) is 0 Å². The maximum atomic E-state index is 11.4. The Morgan fingerprint density at radius 1 is 1.29 bits per heavy atom. The zero-order chi connectivity index (χ0) is 9.19. The SMILES string of the molecule is CN(C)S(=O)(=O)c1cccnc1.Cl.Cl. The van der Waals surface area contributed by atoms with Crippen LogP contribution in [0.3, 0.4) is 0 Å². The van der Waals surface area contributed by atoms with Crippen molar-refractivity contribution in [1.29, 1.82) is 0 Å². The van der Waals surface area contributed by atoms with E-state index >= 15 is 0 Å². The summed E-state index contributed by atoms with van der Waals surface area (Å²) in [5.74, 6) is 0. The largest absolute Gasteiger partial charge is 0.263 e. The molecule has 4 nitrogen and oxygen atoms in total. The number of sulfonamides is 1. The molecule has 0 saturated heterocycles. The third kappa shape index (κ3) is 3.42. The number of rotatable bonds is 2. The van der Waals surface area contributed by atoms with Crippen LogP contribution in [0.1, 0.15) is 0 Å². The molecule has 0 aromatic carbocycles. The van der Waals surface area contributed by atoms with Crippen molar-refractivity contribution >= 4 is 34.8 Å². The first-order valence-corrected chi connectivity index (χ1v) is 4.81. The first-order valence-electron chi connectivity index (χ1n) is 3.37. The van der Waals surface area contributed by atoms with Gasteiger partial charge in [0.25, 0.3) is 0 Å². The molecule has 0 bridgehead atoms. The molecule has 0 amide bonds. The normalized spacial score (nSPS) is 10.2. The van der Waals surface area contributed by atoms with Crippen molar-refractivity contribution < 1.29 is 8.42 Å². The molecule has 0 saturated carbocycles. The van der Waals surface area contributed by atoms with E-state index < -0.39 is 10.0 Å². The van der Waals surface area contributed by atoms with Crippen molar-refractivity contribution in [3.8, 4) is 0 Å². The fourth-order valence-corrected chi connectivity index (χ4v) is 1.58. The number of nitrogens with zero attached hydrogens (tertiary/aromatic N) is 2. The molecule has 0 N–H and O–H groups in total. The summed E-state index contributed by atoms with van der Waals surface area (Å²) in [7, 11) is -0.329. The van der Waals surface area contributed by atoms with Gasteiger partial charge >= 0.3 is 0 Å². The third-order valence-corrected chi connectivity index (χ3v) is 3.21. The second-order valence-corrected chi connectivity index (χ2v) is 4.63. The van der Waals surface area contributed by atoms with E-state index in [9.17, 15) is 8.42 Å². The third-order valence-electron chi connectivity index (χ3n) is 1.41. The van der Waals surface area contributed by atoms with Gasteiger partial charge in [-0.05, 0) is 12.1 Å². The van der Waals surface area contributed by atoms with Gasteiger partial charge in [-0.1, -0.05) is 0 Å². The summed E-state index contributed by atoms with van der Waals surface area (Å²) >= 11 is 0. The average Bonchev–Trinajstić information content (AvgIpc) is 2.06.